The van der Waals surface area contributed by atoms with Crippen molar-refractivity contribution in [3.05, 3.63) is 33.5 Å². The minimum Gasteiger partial charge on any atom is -0.504 e. The van der Waals surface area contributed by atoms with Gasteiger partial charge in [-0.15, -0.1) is 0 Å². The first-order chi connectivity index (χ1) is 10.6. The zero-order valence-electron chi connectivity index (χ0n) is 10.9. The normalized spacial score (nSPS) is 9.83. The number of nitriles is 3. The molecule has 1 aromatic rings. The Morgan fingerprint density at radius 1 is 1.22 bits per heavy atom. The first kappa shape index (κ1) is 17.4. The first-order valence-corrected chi connectivity index (χ1v) is 6.80. The summed E-state index contributed by atoms with van der Waals surface area (Å²) in [6.45, 7) is 0. The van der Waals surface area contributed by atoms with E-state index < -0.39 is 48.3 Å². The van der Waals surface area contributed by atoms with E-state index in [2.05, 4.69) is 5.32 Å². The summed E-state index contributed by atoms with van der Waals surface area (Å²) in [7, 11) is -5.01. The Balaban J connectivity index is 3.68. The van der Waals surface area contributed by atoms with Crippen molar-refractivity contribution in [2.45, 2.75) is 4.90 Å². The van der Waals surface area contributed by atoms with Crippen molar-refractivity contribution in [2.24, 2.45) is 0 Å². The highest BCUT2D eigenvalue weighted by Gasteiger charge is 2.24. The number of benzene rings is 1. The summed E-state index contributed by atoms with van der Waals surface area (Å²) in [6, 6.07) is 5.23. The van der Waals surface area contributed by atoms with Crippen LogP contribution in [0.1, 0.15) is 0 Å². The van der Waals surface area contributed by atoms with Crippen LogP contribution in [0.2, 0.25) is 0 Å². The Morgan fingerprint density at radius 2 is 1.78 bits per heavy atom. The number of nitro groups is 1. The maximum atomic E-state index is 11.1. The fourth-order valence-corrected chi connectivity index (χ4v) is 2.03. The van der Waals surface area contributed by atoms with Gasteiger partial charge in [-0.1, -0.05) is 0 Å². The van der Waals surface area contributed by atoms with Gasteiger partial charge in [-0.2, -0.15) is 24.2 Å². The number of nitrogens with zero attached hydrogens (tertiary/aromatic N) is 4. The van der Waals surface area contributed by atoms with Crippen LogP contribution in [0.5, 0.6) is 5.75 Å². The summed E-state index contributed by atoms with van der Waals surface area (Å²) in [5.74, 6) is -1.12. The Hall–Kier alpha value is -3.66. The van der Waals surface area contributed by atoms with Crippen LogP contribution >= 0.6 is 0 Å². The van der Waals surface area contributed by atoms with Gasteiger partial charge in [0.15, 0.2) is 11.3 Å². The molecule has 0 unspecified atom stereocenters. The van der Waals surface area contributed by atoms with Gasteiger partial charge in [0.05, 0.1) is 10.6 Å². The van der Waals surface area contributed by atoms with Gasteiger partial charge in [0, 0.05) is 12.1 Å². The number of hydrogen-bond acceptors (Lipinski definition) is 9. The smallest absolute Gasteiger partial charge is 0.298 e. The van der Waals surface area contributed by atoms with Crippen LogP contribution in [-0.4, -0.2) is 23.0 Å². The molecule has 0 aliphatic carbocycles. The van der Waals surface area contributed by atoms with E-state index in [0.717, 1.165) is 0 Å². The number of phenols is 1. The van der Waals surface area contributed by atoms with Crippen LogP contribution in [0.15, 0.2) is 28.3 Å². The molecule has 0 heterocycles. The molecule has 0 amide bonds. The van der Waals surface area contributed by atoms with E-state index in [1.54, 1.807) is 0 Å². The summed E-state index contributed by atoms with van der Waals surface area (Å²) < 4.78 is 31.3. The molecule has 0 fully saturated rings. The number of hydrogen-bond donors (Lipinski definition) is 3. The van der Waals surface area contributed by atoms with Crippen molar-refractivity contribution < 1.29 is 23.0 Å². The highest BCUT2D eigenvalue weighted by atomic mass is 32.2. The summed E-state index contributed by atoms with van der Waals surface area (Å²) in [4.78, 5) is 8.60. The average molecular weight is 335 g/mol. The van der Waals surface area contributed by atoms with Gasteiger partial charge in [0.2, 0.25) is 0 Å². The summed E-state index contributed by atoms with van der Waals surface area (Å²) >= 11 is 0. The van der Waals surface area contributed by atoms with Gasteiger partial charge in [-0.05, 0) is 0 Å². The Bertz CT molecular complexity index is 929. The summed E-state index contributed by atoms with van der Waals surface area (Å²) in [6.07, 6.45) is 0. The van der Waals surface area contributed by atoms with Crippen molar-refractivity contribution in [1.82, 2.24) is 0 Å². The molecule has 1 rings (SSSR count). The number of rotatable bonds is 4. The minimum absolute atomic E-state index is 0.404. The zero-order valence-corrected chi connectivity index (χ0v) is 11.7. The third kappa shape index (κ3) is 3.71. The first-order valence-electron chi connectivity index (χ1n) is 5.36. The number of allylic oxidation sites excluding steroid dienone is 2. The average Bonchev–Trinajstić information content (AvgIpc) is 2.47. The molecule has 0 saturated carbocycles. The van der Waals surface area contributed by atoms with Gasteiger partial charge in [0.1, 0.15) is 28.8 Å². The Labute approximate surface area is 128 Å². The molecular formula is C11H5N5O6S. The quantitative estimate of drug-likeness (QED) is 0.232. The SMILES string of the molecule is N#CC(C#N)=C(C#N)Nc1cc([N+](=O)[O-])cc(S(=O)(=O)O)c1O. The molecule has 3 N–H and O–H groups in total. The molecule has 0 bridgehead atoms. The van der Waals surface area contributed by atoms with Crippen LogP contribution in [-0.2, 0) is 10.1 Å². The van der Waals surface area contributed by atoms with Gasteiger partial charge < -0.3 is 10.4 Å². The molecule has 0 aliphatic heterocycles. The number of non-ortho nitro benzene ring substituents is 1. The van der Waals surface area contributed by atoms with Gasteiger partial charge in [-0.3, -0.25) is 14.7 Å². The molecule has 116 valence electrons. The van der Waals surface area contributed by atoms with E-state index in [-0.39, 0.29) is 0 Å². The predicted molar refractivity (Wildman–Crippen MR) is 72.1 cm³/mol. The van der Waals surface area contributed by atoms with E-state index >= 15 is 0 Å². The van der Waals surface area contributed by atoms with Crippen LogP contribution in [0.4, 0.5) is 11.4 Å². The monoisotopic (exact) mass is 335 g/mol. The lowest BCUT2D eigenvalue weighted by molar-refractivity contribution is -0.385. The topological polar surface area (TPSA) is 201 Å². The molecular weight excluding hydrogens is 330 g/mol. The van der Waals surface area contributed by atoms with Crippen molar-refractivity contribution in [3.8, 4) is 24.0 Å². The van der Waals surface area contributed by atoms with Crippen molar-refractivity contribution in [2.75, 3.05) is 5.32 Å². The fourth-order valence-electron chi connectivity index (χ4n) is 1.41. The summed E-state index contributed by atoms with van der Waals surface area (Å²) in [5, 5.41) is 48.8. The van der Waals surface area contributed by atoms with E-state index in [4.69, 9.17) is 20.3 Å². The summed E-state index contributed by atoms with van der Waals surface area (Å²) in [5.41, 5.74) is -2.86. The highest BCUT2D eigenvalue weighted by Crippen LogP contribution is 2.36. The number of aromatic hydroxyl groups is 1. The second-order valence-electron chi connectivity index (χ2n) is 3.78. The molecule has 0 spiro atoms. The second-order valence-corrected chi connectivity index (χ2v) is 5.17. The number of anilines is 1. The predicted octanol–water partition coefficient (Wildman–Crippen LogP) is 0.784. The lowest BCUT2D eigenvalue weighted by Crippen LogP contribution is -2.06. The molecule has 0 aromatic heterocycles. The maximum absolute atomic E-state index is 11.1. The van der Waals surface area contributed by atoms with Gasteiger partial charge in [-0.25, -0.2) is 0 Å². The molecule has 23 heavy (non-hydrogen) atoms. The van der Waals surface area contributed by atoms with Crippen LogP contribution in [0.3, 0.4) is 0 Å². The van der Waals surface area contributed by atoms with E-state index in [9.17, 15) is 23.6 Å². The largest absolute Gasteiger partial charge is 0.504 e. The minimum atomic E-state index is -5.01. The number of nitrogens with one attached hydrogen (secondary N) is 1. The molecule has 11 nitrogen and oxygen atoms in total. The Morgan fingerprint density at radius 3 is 2.17 bits per heavy atom. The zero-order chi connectivity index (χ0) is 17.8. The van der Waals surface area contributed by atoms with Crippen molar-refractivity contribution >= 4 is 21.5 Å². The Kier molecular flexibility index (Phi) is 4.84. The third-order valence-electron chi connectivity index (χ3n) is 2.39. The van der Waals surface area contributed by atoms with Crippen molar-refractivity contribution in [3.63, 3.8) is 0 Å². The van der Waals surface area contributed by atoms with Crippen molar-refractivity contribution in [1.29, 1.82) is 15.8 Å². The molecule has 0 atom stereocenters. The number of phenolic OH excluding ortho intramolecular Hbond substituents is 1. The fraction of sp³-hybridized carbons (Fsp3) is 0. The second kappa shape index (κ2) is 6.41. The van der Waals surface area contributed by atoms with Crippen LogP contribution in [0, 0.1) is 44.1 Å². The molecule has 0 radical (unpaired) electrons. The third-order valence-corrected chi connectivity index (χ3v) is 3.26. The van der Waals surface area contributed by atoms with Crippen LogP contribution < -0.4 is 5.32 Å². The lowest BCUT2D eigenvalue weighted by Gasteiger charge is -2.09. The molecule has 1 aromatic carbocycles. The van der Waals surface area contributed by atoms with E-state index in [0.29, 0.717) is 12.1 Å². The maximum Gasteiger partial charge on any atom is 0.298 e. The lowest BCUT2D eigenvalue weighted by atomic mass is 10.2. The van der Waals surface area contributed by atoms with Gasteiger partial charge in [0.25, 0.3) is 15.8 Å². The molecule has 0 aliphatic rings. The highest BCUT2D eigenvalue weighted by molar-refractivity contribution is 7.86. The standard InChI is InChI=1S/C11H5N5O6S/c12-3-6(4-13)9(5-14)15-8-1-7(16(18)19)2-10(11(8)17)23(20,21)22/h1-2,15,17H,(H,20,21,22). The van der Waals surface area contributed by atoms with E-state index in [1.807, 2.05) is 0 Å². The molecule has 0 saturated heterocycles. The number of nitro benzene ring substituents is 1. The van der Waals surface area contributed by atoms with Crippen LogP contribution in [0.25, 0.3) is 0 Å². The van der Waals surface area contributed by atoms with Gasteiger partial charge >= 0.3 is 0 Å². The molecule has 12 heteroatoms. The van der Waals surface area contributed by atoms with E-state index in [1.165, 1.54) is 18.2 Å².